The van der Waals surface area contributed by atoms with E-state index in [2.05, 4.69) is 21.2 Å². The molecule has 1 saturated heterocycles. The highest BCUT2D eigenvalue weighted by molar-refractivity contribution is 9.10. The molecular formula is C20H16BrClN2O6. The fourth-order valence-corrected chi connectivity index (χ4v) is 3.48. The Morgan fingerprint density at radius 2 is 1.63 bits per heavy atom. The molecule has 30 heavy (non-hydrogen) atoms. The lowest BCUT2D eigenvalue weighted by Gasteiger charge is -2.28. The molecule has 3 rings (SSSR count). The molecule has 0 aliphatic carbocycles. The van der Waals surface area contributed by atoms with E-state index in [1.807, 2.05) is 0 Å². The zero-order chi connectivity index (χ0) is 22.0. The number of imide groups is 2. The van der Waals surface area contributed by atoms with Crippen molar-refractivity contribution < 1.29 is 28.6 Å². The highest BCUT2D eigenvalue weighted by Crippen LogP contribution is 2.39. The molecule has 0 radical (unpaired) electrons. The fourth-order valence-electron chi connectivity index (χ4n) is 2.87. The van der Waals surface area contributed by atoms with E-state index in [9.17, 15) is 14.4 Å². The minimum absolute atomic E-state index is 0.0702. The summed E-state index contributed by atoms with van der Waals surface area (Å²) < 4.78 is 16.4. The molecule has 10 heteroatoms. The van der Waals surface area contributed by atoms with Crippen LogP contribution >= 0.6 is 27.5 Å². The van der Waals surface area contributed by atoms with Gasteiger partial charge in [-0.05, 0) is 24.3 Å². The fraction of sp³-hybridized carbons (Fsp3) is 0.150. The van der Waals surface area contributed by atoms with E-state index in [0.29, 0.717) is 11.3 Å². The molecule has 0 bridgehead atoms. The van der Waals surface area contributed by atoms with Gasteiger partial charge in [0.05, 0.1) is 32.0 Å². The van der Waals surface area contributed by atoms with E-state index in [1.165, 1.54) is 39.5 Å². The molecule has 0 atom stereocenters. The summed E-state index contributed by atoms with van der Waals surface area (Å²) in [5, 5.41) is 2.39. The summed E-state index contributed by atoms with van der Waals surface area (Å²) in [5.74, 6) is -0.848. The Morgan fingerprint density at radius 1 is 0.967 bits per heavy atom. The van der Waals surface area contributed by atoms with Crippen LogP contribution in [0, 0.1) is 0 Å². The Hall–Kier alpha value is -3.04. The number of urea groups is 1. The Bertz CT molecular complexity index is 1090. The van der Waals surface area contributed by atoms with Crippen molar-refractivity contribution in [1.29, 1.82) is 0 Å². The van der Waals surface area contributed by atoms with Gasteiger partial charge in [0.1, 0.15) is 22.8 Å². The first-order valence-corrected chi connectivity index (χ1v) is 9.64. The van der Waals surface area contributed by atoms with E-state index in [0.717, 1.165) is 9.37 Å². The van der Waals surface area contributed by atoms with Gasteiger partial charge in [0, 0.05) is 22.2 Å². The molecule has 1 aliphatic heterocycles. The molecule has 0 unspecified atom stereocenters. The number of nitrogens with zero attached hydrogens (tertiary/aromatic N) is 1. The van der Waals surface area contributed by atoms with E-state index in [-0.39, 0.29) is 27.8 Å². The number of anilines is 1. The molecule has 1 fully saturated rings. The molecule has 1 N–H and O–H groups in total. The zero-order valence-electron chi connectivity index (χ0n) is 16.1. The highest BCUT2D eigenvalue weighted by atomic mass is 79.9. The summed E-state index contributed by atoms with van der Waals surface area (Å²) >= 11 is 9.45. The minimum atomic E-state index is -0.925. The molecule has 156 valence electrons. The summed E-state index contributed by atoms with van der Waals surface area (Å²) in [4.78, 5) is 38.9. The Labute approximate surface area is 185 Å². The third-order valence-corrected chi connectivity index (χ3v) is 5.08. The van der Waals surface area contributed by atoms with Gasteiger partial charge in [0.2, 0.25) is 0 Å². The van der Waals surface area contributed by atoms with Crippen molar-refractivity contribution in [2.75, 3.05) is 26.2 Å². The lowest BCUT2D eigenvalue weighted by molar-refractivity contribution is -0.122. The van der Waals surface area contributed by atoms with Crippen LogP contribution in [0.25, 0.3) is 6.08 Å². The second kappa shape index (κ2) is 8.76. The number of halogens is 2. The number of hydrogen-bond acceptors (Lipinski definition) is 6. The van der Waals surface area contributed by atoms with E-state index in [4.69, 9.17) is 25.8 Å². The van der Waals surface area contributed by atoms with Crippen LogP contribution in [0.3, 0.4) is 0 Å². The van der Waals surface area contributed by atoms with Gasteiger partial charge in [-0.1, -0.05) is 27.5 Å². The van der Waals surface area contributed by atoms with Crippen LogP contribution in [0.2, 0.25) is 5.02 Å². The van der Waals surface area contributed by atoms with Crippen LogP contribution in [0.15, 0.2) is 40.4 Å². The first-order chi connectivity index (χ1) is 14.3. The van der Waals surface area contributed by atoms with Gasteiger partial charge in [0.15, 0.2) is 0 Å². The number of rotatable bonds is 5. The third kappa shape index (κ3) is 3.99. The largest absolute Gasteiger partial charge is 0.496 e. The van der Waals surface area contributed by atoms with Gasteiger partial charge < -0.3 is 14.2 Å². The number of amides is 4. The van der Waals surface area contributed by atoms with Crippen molar-refractivity contribution in [2.24, 2.45) is 0 Å². The lowest BCUT2D eigenvalue weighted by Crippen LogP contribution is -2.54. The summed E-state index contributed by atoms with van der Waals surface area (Å²) in [7, 11) is 4.22. The second-order valence-corrected chi connectivity index (χ2v) is 7.33. The van der Waals surface area contributed by atoms with Gasteiger partial charge in [-0.15, -0.1) is 0 Å². The van der Waals surface area contributed by atoms with Crippen molar-refractivity contribution in [3.05, 3.63) is 51.0 Å². The van der Waals surface area contributed by atoms with Crippen molar-refractivity contribution in [3.8, 4) is 17.2 Å². The van der Waals surface area contributed by atoms with Crippen molar-refractivity contribution in [2.45, 2.75) is 0 Å². The molecule has 4 amide bonds. The summed E-state index contributed by atoms with van der Waals surface area (Å²) in [6.07, 6.45) is 1.35. The van der Waals surface area contributed by atoms with Crippen molar-refractivity contribution >= 4 is 57.1 Å². The van der Waals surface area contributed by atoms with Crippen LogP contribution in [-0.2, 0) is 9.59 Å². The summed E-state index contributed by atoms with van der Waals surface area (Å²) in [6, 6.07) is 6.98. The average molecular weight is 496 g/mol. The van der Waals surface area contributed by atoms with E-state index < -0.39 is 17.8 Å². The number of methoxy groups -OCH3 is 3. The number of barbiturate groups is 1. The Morgan fingerprint density at radius 3 is 2.27 bits per heavy atom. The van der Waals surface area contributed by atoms with Crippen LogP contribution in [-0.4, -0.2) is 39.2 Å². The molecule has 1 aliphatic rings. The monoisotopic (exact) mass is 494 g/mol. The number of nitrogens with one attached hydrogen (secondary N) is 1. The van der Waals surface area contributed by atoms with Crippen LogP contribution in [0.5, 0.6) is 17.2 Å². The first-order valence-electron chi connectivity index (χ1n) is 8.47. The topological polar surface area (TPSA) is 94.2 Å². The maximum absolute atomic E-state index is 13.2. The SMILES string of the molecule is COc1cc(N2C(=O)NC(=O)/C(=C\c3cc(Br)ccc3OC)C2=O)c(OC)cc1Cl. The number of benzene rings is 2. The predicted molar refractivity (Wildman–Crippen MR) is 114 cm³/mol. The molecule has 8 nitrogen and oxygen atoms in total. The summed E-state index contributed by atoms with van der Waals surface area (Å²) in [6.45, 7) is 0. The Kier molecular flexibility index (Phi) is 6.33. The molecule has 0 aromatic heterocycles. The van der Waals surface area contributed by atoms with Crippen LogP contribution in [0.4, 0.5) is 10.5 Å². The normalized spacial score (nSPS) is 15.3. The minimum Gasteiger partial charge on any atom is -0.496 e. The molecule has 2 aromatic rings. The van der Waals surface area contributed by atoms with Gasteiger partial charge in [0.25, 0.3) is 11.8 Å². The summed E-state index contributed by atoms with van der Waals surface area (Å²) in [5.41, 5.74) is 0.281. The smallest absolute Gasteiger partial charge is 0.336 e. The third-order valence-electron chi connectivity index (χ3n) is 4.29. The molecule has 0 saturated carbocycles. The van der Waals surface area contributed by atoms with Gasteiger partial charge in [-0.2, -0.15) is 0 Å². The zero-order valence-corrected chi connectivity index (χ0v) is 18.5. The van der Waals surface area contributed by atoms with E-state index >= 15 is 0 Å². The number of hydrogen-bond donors (Lipinski definition) is 1. The maximum Gasteiger partial charge on any atom is 0.336 e. The maximum atomic E-state index is 13.2. The van der Waals surface area contributed by atoms with Crippen LogP contribution in [0.1, 0.15) is 5.56 Å². The van der Waals surface area contributed by atoms with Crippen LogP contribution < -0.4 is 24.4 Å². The van der Waals surface area contributed by atoms with Gasteiger partial charge >= 0.3 is 6.03 Å². The van der Waals surface area contributed by atoms with Gasteiger partial charge in [-0.25, -0.2) is 9.69 Å². The Balaban J connectivity index is 2.14. The molecular weight excluding hydrogens is 480 g/mol. The number of ether oxygens (including phenoxy) is 3. The standard InChI is InChI=1S/C20H16BrClN2O6/c1-28-15-5-4-11(21)6-10(15)7-12-18(25)23-20(27)24(19(12)26)14-9-16(29-2)13(22)8-17(14)30-3/h4-9H,1-3H3,(H,23,25,27)/b12-7+. The molecule has 2 aromatic carbocycles. The number of carbonyl (C=O) groups is 3. The van der Waals surface area contributed by atoms with Crippen molar-refractivity contribution in [3.63, 3.8) is 0 Å². The van der Waals surface area contributed by atoms with E-state index in [1.54, 1.807) is 18.2 Å². The molecule has 0 spiro atoms. The molecule has 1 heterocycles. The van der Waals surface area contributed by atoms with Crippen molar-refractivity contribution in [1.82, 2.24) is 5.32 Å². The average Bonchev–Trinajstić information content (AvgIpc) is 2.71. The second-order valence-electron chi connectivity index (χ2n) is 6.00. The van der Waals surface area contributed by atoms with Gasteiger partial charge in [-0.3, -0.25) is 14.9 Å². The quantitative estimate of drug-likeness (QED) is 0.501. The lowest BCUT2D eigenvalue weighted by atomic mass is 10.1. The number of carbonyl (C=O) groups excluding carboxylic acids is 3. The predicted octanol–water partition coefficient (Wildman–Crippen LogP) is 3.79. The highest BCUT2D eigenvalue weighted by Gasteiger charge is 2.38. The first kappa shape index (κ1) is 21.7.